The van der Waals surface area contributed by atoms with Gasteiger partial charge in [-0.2, -0.15) is 0 Å². The molecule has 0 saturated carbocycles. The fourth-order valence-corrected chi connectivity index (χ4v) is 3.93. The summed E-state index contributed by atoms with van der Waals surface area (Å²) in [6.45, 7) is 0.285. The predicted octanol–water partition coefficient (Wildman–Crippen LogP) is 2.61. The molecule has 2 aromatic heterocycles. The smallest absolute Gasteiger partial charge is 0.244 e. The van der Waals surface area contributed by atoms with Gasteiger partial charge < -0.3 is 14.8 Å². The molecule has 5 rings (SSSR count). The third-order valence-corrected chi connectivity index (χ3v) is 5.19. The van der Waals surface area contributed by atoms with Crippen molar-refractivity contribution >= 4 is 17.3 Å². The van der Waals surface area contributed by atoms with Crippen molar-refractivity contribution in [1.82, 2.24) is 20.2 Å². The Labute approximate surface area is 135 Å². The van der Waals surface area contributed by atoms with E-state index in [-0.39, 0.29) is 18.9 Å². The molecule has 7 nitrogen and oxygen atoms in total. The summed E-state index contributed by atoms with van der Waals surface area (Å²) < 4.78 is 12.7. The van der Waals surface area contributed by atoms with Crippen molar-refractivity contribution in [2.45, 2.75) is 18.5 Å². The van der Waals surface area contributed by atoms with Crippen molar-refractivity contribution < 1.29 is 9.47 Å². The highest BCUT2D eigenvalue weighted by atomic mass is 32.1. The number of benzene rings is 1. The fourth-order valence-electron chi connectivity index (χ4n) is 3.10. The highest BCUT2D eigenvalue weighted by Gasteiger charge is 2.31. The van der Waals surface area contributed by atoms with E-state index in [1.165, 1.54) is 4.88 Å². The largest absolute Gasteiger partial charge is 0.454 e. The Morgan fingerprint density at radius 3 is 3.09 bits per heavy atom. The zero-order chi connectivity index (χ0) is 15.2. The third kappa shape index (κ3) is 2.06. The standard InChI is InChI=1S/C15H13N5O2S/c1-2-14(23-5-1)11-7-10(16-15-17-18-19-20(11)15)9-3-4-12-13(6-9)22-8-21-12/h1-6,10-11H,7-8H2,(H,16,17,19)/t10-,11+/m0/s1. The number of fused-ring (bicyclic) bond motifs is 2. The second-order valence-electron chi connectivity index (χ2n) is 5.52. The van der Waals surface area contributed by atoms with Crippen molar-refractivity contribution in [2.24, 2.45) is 0 Å². The first-order valence-electron chi connectivity index (χ1n) is 7.36. The number of nitrogens with one attached hydrogen (secondary N) is 1. The molecular weight excluding hydrogens is 314 g/mol. The number of anilines is 1. The van der Waals surface area contributed by atoms with Gasteiger partial charge in [0.2, 0.25) is 12.7 Å². The molecule has 0 radical (unpaired) electrons. The monoisotopic (exact) mass is 327 g/mol. The normalized spacial score (nSPS) is 21.7. The summed E-state index contributed by atoms with van der Waals surface area (Å²) in [5.74, 6) is 2.28. The Morgan fingerprint density at radius 2 is 2.17 bits per heavy atom. The van der Waals surface area contributed by atoms with Gasteiger partial charge in [-0.3, -0.25) is 0 Å². The molecule has 0 amide bonds. The van der Waals surface area contributed by atoms with Gasteiger partial charge in [0.25, 0.3) is 0 Å². The molecule has 8 heteroatoms. The maximum absolute atomic E-state index is 5.49. The summed E-state index contributed by atoms with van der Waals surface area (Å²) in [6.07, 6.45) is 0.873. The van der Waals surface area contributed by atoms with Gasteiger partial charge in [-0.1, -0.05) is 17.2 Å². The predicted molar refractivity (Wildman–Crippen MR) is 83.8 cm³/mol. The molecule has 4 heterocycles. The second kappa shape index (κ2) is 4.95. The second-order valence-corrected chi connectivity index (χ2v) is 6.50. The van der Waals surface area contributed by atoms with E-state index >= 15 is 0 Å². The number of nitrogens with zero attached hydrogens (tertiary/aromatic N) is 4. The molecule has 3 aromatic rings. The lowest BCUT2D eigenvalue weighted by Gasteiger charge is -2.30. The molecular formula is C15H13N5O2S. The summed E-state index contributed by atoms with van der Waals surface area (Å²) in [6, 6.07) is 10.5. The van der Waals surface area contributed by atoms with Gasteiger partial charge in [0.05, 0.1) is 12.1 Å². The number of ether oxygens (including phenoxy) is 2. The first kappa shape index (κ1) is 12.9. The Hall–Kier alpha value is -2.61. The number of tetrazole rings is 1. The van der Waals surface area contributed by atoms with Gasteiger partial charge in [-0.15, -0.1) is 11.3 Å². The first-order chi connectivity index (χ1) is 11.4. The van der Waals surface area contributed by atoms with E-state index in [9.17, 15) is 0 Å². The maximum atomic E-state index is 5.49. The molecule has 0 spiro atoms. The molecule has 2 aliphatic rings. The highest BCUT2D eigenvalue weighted by molar-refractivity contribution is 7.10. The van der Waals surface area contributed by atoms with Gasteiger partial charge in [-0.05, 0) is 46.0 Å². The van der Waals surface area contributed by atoms with Gasteiger partial charge in [0.1, 0.15) is 0 Å². The van der Waals surface area contributed by atoms with Crippen LogP contribution in [0.3, 0.4) is 0 Å². The van der Waals surface area contributed by atoms with Crippen LogP contribution in [-0.4, -0.2) is 27.0 Å². The average molecular weight is 327 g/mol. The highest BCUT2D eigenvalue weighted by Crippen LogP contribution is 2.41. The molecule has 0 fully saturated rings. The van der Waals surface area contributed by atoms with Crippen LogP contribution < -0.4 is 14.8 Å². The number of hydrogen-bond acceptors (Lipinski definition) is 7. The lowest BCUT2D eigenvalue weighted by atomic mass is 9.96. The van der Waals surface area contributed by atoms with Crippen LogP contribution in [0.4, 0.5) is 5.95 Å². The van der Waals surface area contributed by atoms with Crippen LogP contribution in [0.5, 0.6) is 11.5 Å². The summed E-state index contributed by atoms with van der Waals surface area (Å²) in [7, 11) is 0. The van der Waals surface area contributed by atoms with E-state index in [2.05, 4.69) is 44.4 Å². The van der Waals surface area contributed by atoms with Crippen LogP contribution in [0, 0.1) is 0 Å². The molecule has 1 aromatic carbocycles. The van der Waals surface area contributed by atoms with Crippen molar-refractivity contribution in [2.75, 3.05) is 12.1 Å². The van der Waals surface area contributed by atoms with E-state index in [0.717, 1.165) is 23.5 Å². The fraction of sp³-hybridized carbons (Fsp3) is 0.267. The van der Waals surface area contributed by atoms with Crippen LogP contribution in [-0.2, 0) is 0 Å². The summed E-state index contributed by atoms with van der Waals surface area (Å²) >= 11 is 1.72. The number of thiophene rings is 1. The van der Waals surface area contributed by atoms with Crippen molar-refractivity contribution in [3.05, 3.63) is 46.2 Å². The van der Waals surface area contributed by atoms with Gasteiger partial charge in [0.15, 0.2) is 11.5 Å². The molecule has 0 bridgehead atoms. The van der Waals surface area contributed by atoms with Crippen molar-refractivity contribution in [3.8, 4) is 11.5 Å². The molecule has 0 aliphatic carbocycles. The number of rotatable bonds is 2. The lowest BCUT2D eigenvalue weighted by Crippen LogP contribution is -2.27. The third-order valence-electron chi connectivity index (χ3n) is 4.22. The first-order valence-corrected chi connectivity index (χ1v) is 8.24. The summed E-state index contributed by atoms with van der Waals surface area (Å²) in [4.78, 5) is 1.26. The number of aromatic nitrogens is 4. The molecule has 1 N–H and O–H groups in total. The Morgan fingerprint density at radius 1 is 1.22 bits per heavy atom. The van der Waals surface area contributed by atoms with Crippen molar-refractivity contribution in [1.29, 1.82) is 0 Å². The Bertz CT molecular complexity index is 847. The van der Waals surface area contributed by atoms with Gasteiger partial charge in [-0.25, -0.2) is 4.68 Å². The number of hydrogen-bond donors (Lipinski definition) is 1. The lowest BCUT2D eigenvalue weighted by molar-refractivity contribution is 0.174. The Balaban J connectivity index is 1.53. The average Bonchev–Trinajstić information content (AvgIpc) is 3.32. The van der Waals surface area contributed by atoms with E-state index in [1.807, 2.05) is 16.8 Å². The minimum atomic E-state index is 0.120. The molecule has 2 atom stereocenters. The SMILES string of the molecule is c1csc([C@H]2C[C@@H](c3ccc4c(c3)OCO4)Nc3nnnn32)c1. The van der Waals surface area contributed by atoms with Crippen LogP contribution in [0.1, 0.15) is 28.9 Å². The molecule has 2 aliphatic heterocycles. The quantitative estimate of drug-likeness (QED) is 0.780. The van der Waals surface area contributed by atoms with Crippen LogP contribution in [0.25, 0.3) is 0 Å². The van der Waals surface area contributed by atoms with Gasteiger partial charge >= 0.3 is 0 Å². The Kier molecular flexibility index (Phi) is 2.77. The van der Waals surface area contributed by atoms with E-state index in [0.29, 0.717) is 5.95 Å². The van der Waals surface area contributed by atoms with E-state index < -0.39 is 0 Å². The van der Waals surface area contributed by atoms with Crippen LogP contribution >= 0.6 is 11.3 Å². The zero-order valence-electron chi connectivity index (χ0n) is 12.0. The van der Waals surface area contributed by atoms with E-state index in [4.69, 9.17) is 9.47 Å². The molecule has 0 saturated heterocycles. The van der Waals surface area contributed by atoms with E-state index in [1.54, 1.807) is 11.3 Å². The van der Waals surface area contributed by atoms with Crippen LogP contribution in [0.15, 0.2) is 35.7 Å². The summed E-state index contributed by atoms with van der Waals surface area (Å²) in [5, 5.41) is 17.5. The minimum absolute atomic E-state index is 0.120. The molecule has 23 heavy (non-hydrogen) atoms. The molecule has 116 valence electrons. The topological polar surface area (TPSA) is 74.1 Å². The molecule has 0 unspecified atom stereocenters. The minimum Gasteiger partial charge on any atom is -0.454 e. The maximum Gasteiger partial charge on any atom is 0.244 e. The van der Waals surface area contributed by atoms with Crippen molar-refractivity contribution in [3.63, 3.8) is 0 Å². The zero-order valence-corrected chi connectivity index (χ0v) is 12.9. The van der Waals surface area contributed by atoms with Crippen LogP contribution in [0.2, 0.25) is 0 Å². The van der Waals surface area contributed by atoms with Gasteiger partial charge in [0, 0.05) is 4.88 Å². The summed E-state index contributed by atoms with van der Waals surface area (Å²) in [5.41, 5.74) is 1.14.